The van der Waals surface area contributed by atoms with Crippen molar-refractivity contribution in [3.8, 4) is 16.9 Å². The van der Waals surface area contributed by atoms with E-state index in [4.69, 9.17) is 4.74 Å². The van der Waals surface area contributed by atoms with Crippen LogP contribution in [0.1, 0.15) is 35.4 Å². The number of ether oxygens (including phenoxy) is 1. The number of imidazole rings is 1. The van der Waals surface area contributed by atoms with Crippen molar-refractivity contribution in [3.63, 3.8) is 0 Å². The molecule has 3 atom stereocenters. The third-order valence-corrected chi connectivity index (χ3v) is 7.86. The predicted octanol–water partition coefficient (Wildman–Crippen LogP) is 5.12. The van der Waals surface area contributed by atoms with Gasteiger partial charge in [-0.1, -0.05) is 36.4 Å². The fourth-order valence-electron chi connectivity index (χ4n) is 5.79. The van der Waals surface area contributed by atoms with Crippen molar-refractivity contribution in [1.29, 1.82) is 0 Å². The quantitative estimate of drug-likeness (QED) is 0.359. The van der Waals surface area contributed by atoms with Crippen LogP contribution in [0.25, 0.3) is 16.8 Å². The molecule has 3 unspecified atom stereocenters. The Hall–Kier alpha value is -3.26. The number of benzene rings is 2. The van der Waals surface area contributed by atoms with Crippen LogP contribution in [0.2, 0.25) is 0 Å². The highest BCUT2D eigenvalue weighted by Gasteiger charge is 2.32. The number of phenolic OH excluding ortho intramolecular Hbond substituents is 1. The molecule has 1 radical (unpaired) electrons. The predicted molar refractivity (Wildman–Crippen MR) is 147 cm³/mol. The molecule has 2 aromatic carbocycles. The highest BCUT2D eigenvalue weighted by Crippen LogP contribution is 2.37. The smallest absolute Gasteiger partial charge is 0.141 e. The minimum atomic E-state index is -0.928. The van der Waals surface area contributed by atoms with E-state index in [0.717, 1.165) is 66.3 Å². The summed E-state index contributed by atoms with van der Waals surface area (Å²) in [5.74, 6) is 0.102. The molecule has 1 saturated carbocycles. The topological polar surface area (TPSA) is 62.0 Å². The van der Waals surface area contributed by atoms with Crippen LogP contribution in [0.5, 0.6) is 5.75 Å². The molecule has 2 aliphatic rings. The Bertz CT molecular complexity index is 1380. The number of alkyl halides is 1. The Balaban J connectivity index is 1.14. The molecule has 6 rings (SSSR count). The van der Waals surface area contributed by atoms with Gasteiger partial charge in [0.1, 0.15) is 17.6 Å². The lowest BCUT2D eigenvalue weighted by Gasteiger charge is -2.32. The van der Waals surface area contributed by atoms with Gasteiger partial charge in [0, 0.05) is 62.3 Å². The fourth-order valence-corrected chi connectivity index (χ4v) is 5.79. The summed E-state index contributed by atoms with van der Waals surface area (Å²) >= 11 is 0. The number of nitrogens with zero attached hydrogens (tertiary/aromatic N) is 3. The van der Waals surface area contributed by atoms with E-state index in [2.05, 4.69) is 39.8 Å². The van der Waals surface area contributed by atoms with Crippen molar-refractivity contribution in [3.05, 3.63) is 96.3 Å². The maximum Gasteiger partial charge on any atom is 0.141 e. The van der Waals surface area contributed by atoms with E-state index < -0.39 is 6.17 Å². The Morgan fingerprint density at radius 3 is 2.79 bits per heavy atom. The van der Waals surface area contributed by atoms with E-state index in [1.807, 2.05) is 47.1 Å². The molecule has 0 amide bonds. The molecule has 0 spiro atoms. The number of pyridine rings is 1. The van der Waals surface area contributed by atoms with E-state index in [-0.39, 0.29) is 17.7 Å². The number of aromatic nitrogens is 2. The van der Waals surface area contributed by atoms with Crippen molar-refractivity contribution < 1.29 is 14.2 Å². The van der Waals surface area contributed by atoms with Crippen LogP contribution in [-0.4, -0.2) is 57.9 Å². The van der Waals surface area contributed by atoms with Crippen LogP contribution in [0.4, 0.5) is 4.39 Å². The molecular weight excluding hydrogens is 479 g/mol. The molecule has 2 N–H and O–H groups in total. The summed E-state index contributed by atoms with van der Waals surface area (Å²) in [6.07, 6.45) is 8.15. The minimum absolute atomic E-state index is 0.0249. The molecule has 3 heterocycles. The number of hydrogen-bond acceptors (Lipinski definition) is 5. The van der Waals surface area contributed by atoms with Crippen molar-refractivity contribution in [2.45, 2.75) is 44.1 Å². The number of phenols is 1. The highest BCUT2D eigenvalue weighted by atomic mass is 19.1. The van der Waals surface area contributed by atoms with Gasteiger partial charge in [0.05, 0.1) is 13.2 Å². The molecule has 2 aromatic heterocycles. The number of hydrogen-bond donors (Lipinski definition) is 2. The Kier molecular flexibility index (Phi) is 7.40. The highest BCUT2D eigenvalue weighted by molar-refractivity contribution is 5.69. The van der Waals surface area contributed by atoms with Gasteiger partial charge in [0.25, 0.3) is 0 Å². The number of rotatable bonds is 7. The van der Waals surface area contributed by atoms with Crippen LogP contribution in [-0.2, 0) is 17.8 Å². The first-order valence-electron chi connectivity index (χ1n) is 13.5. The van der Waals surface area contributed by atoms with Gasteiger partial charge in [-0.3, -0.25) is 4.90 Å². The van der Waals surface area contributed by atoms with E-state index in [1.54, 1.807) is 12.3 Å². The number of aromatic hydroxyl groups is 1. The summed E-state index contributed by atoms with van der Waals surface area (Å²) in [5, 5.41) is 13.7. The molecular formula is C31H34FN4O2. The third kappa shape index (κ3) is 5.46. The van der Waals surface area contributed by atoms with Crippen LogP contribution >= 0.6 is 0 Å². The van der Waals surface area contributed by atoms with Crippen LogP contribution in [0, 0.1) is 6.42 Å². The fraction of sp³-hybridized carbons (Fsp3) is 0.355. The molecule has 1 aliphatic heterocycles. The van der Waals surface area contributed by atoms with Gasteiger partial charge >= 0.3 is 0 Å². The normalized spacial score (nSPS) is 22.6. The molecule has 197 valence electrons. The Labute approximate surface area is 223 Å². The van der Waals surface area contributed by atoms with Gasteiger partial charge in [-0.05, 0) is 59.7 Å². The molecule has 1 saturated heterocycles. The Morgan fingerprint density at radius 2 is 1.92 bits per heavy atom. The first kappa shape index (κ1) is 25.0. The number of fused-ring (bicyclic) bond motifs is 1. The maximum absolute atomic E-state index is 15.6. The van der Waals surface area contributed by atoms with Crippen LogP contribution in [0.3, 0.4) is 0 Å². The monoisotopic (exact) mass is 513 g/mol. The summed E-state index contributed by atoms with van der Waals surface area (Å²) in [5.41, 5.74) is 6.29. The number of nitrogens with one attached hydrogen (secondary N) is 1. The molecule has 0 bridgehead atoms. The third-order valence-electron chi connectivity index (χ3n) is 7.86. The number of halogens is 1. The van der Waals surface area contributed by atoms with Gasteiger partial charge in [-0.2, -0.15) is 0 Å². The summed E-state index contributed by atoms with van der Waals surface area (Å²) in [7, 11) is 0. The van der Waals surface area contributed by atoms with Crippen molar-refractivity contribution in [1.82, 2.24) is 19.6 Å². The second-order valence-electron chi connectivity index (χ2n) is 10.4. The van der Waals surface area contributed by atoms with E-state index in [0.29, 0.717) is 19.4 Å². The number of morpholine rings is 1. The van der Waals surface area contributed by atoms with Gasteiger partial charge in [0.2, 0.25) is 0 Å². The molecule has 1 aliphatic carbocycles. The lowest BCUT2D eigenvalue weighted by atomic mass is 9.79. The zero-order valence-corrected chi connectivity index (χ0v) is 21.5. The average molecular weight is 514 g/mol. The molecule has 6 nitrogen and oxygen atoms in total. The first-order valence-corrected chi connectivity index (χ1v) is 13.5. The minimum Gasteiger partial charge on any atom is -0.508 e. The SMILES string of the molecule is Oc1ccc(-c2cccc(C3C[CH]C(NCc4cccn5ccnc45)CC3F)c2)c(CN2CCOCC2)c1. The zero-order chi connectivity index (χ0) is 25.9. The Morgan fingerprint density at radius 1 is 1.03 bits per heavy atom. The molecule has 7 heteroatoms. The molecule has 38 heavy (non-hydrogen) atoms. The maximum atomic E-state index is 15.6. The summed E-state index contributed by atoms with van der Waals surface area (Å²) in [4.78, 5) is 6.79. The van der Waals surface area contributed by atoms with E-state index in [9.17, 15) is 5.11 Å². The largest absolute Gasteiger partial charge is 0.508 e. The first-order chi connectivity index (χ1) is 18.6. The van der Waals surface area contributed by atoms with Crippen molar-refractivity contribution in [2.24, 2.45) is 0 Å². The van der Waals surface area contributed by atoms with Gasteiger partial charge < -0.3 is 19.6 Å². The van der Waals surface area contributed by atoms with E-state index >= 15 is 4.39 Å². The second kappa shape index (κ2) is 11.2. The van der Waals surface area contributed by atoms with Crippen molar-refractivity contribution >= 4 is 5.65 Å². The van der Waals surface area contributed by atoms with Gasteiger partial charge in [-0.15, -0.1) is 0 Å². The zero-order valence-electron chi connectivity index (χ0n) is 21.5. The second-order valence-corrected chi connectivity index (χ2v) is 10.4. The van der Waals surface area contributed by atoms with Crippen molar-refractivity contribution in [2.75, 3.05) is 26.3 Å². The lowest BCUT2D eigenvalue weighted by Crippen LogP contribution is -2.38. The van der Waals surface area contributed by atoms with Gasteiger partial charge in [-0.25, -0.2) is 9.37 Å². The van der Waals surface area contributed by atoms with Crippen LogP contribution in [0.15, 0.2) is 73.2 Å². The lowest BCUT2D eigenvalue weighted by molar-refractivity contribution is 0.0342. The molecule has 4 aromatic rings. The summed E-state index contributed by atoms with van der Waals surface area (Å²) < 4.78 is 23.1. The van der Waals surface area contributed by atoms with E-state index in [1.165, 1.54) is 0 Å². The molecule has 2 fully saturated rings. The standard InChI is InChI=1S/C31H34FN4O2/c32-30-19-26(34-20-24-5-2-11-36-12-10-33-31(24)36)6-8-29(30)23-4-1-3-22(17-23)28-9-7-27(37)18-25(28)21-35-13-15-38-16-14-35/h1-7,9-12,17-18,26,29-30,34,37H,8,13-16,19-21H2. The van der Waals surface area contributed by atoms with Gasteiger partial charge in [0.15, 0.2) is 0 Å². The summed E-state index contributed by atoms with van der Waals surface area (Å²) in [6.45, 7) is 4.62. The average Bonchev–Trinajstić information content (AvgIpc) is 3.42. The van der Waals surface area contributed by atoms with Crippen LogP contribution < -0.4 is 5.32 Å². The summed E-state index contributed by atoms with van der Waals surface area (Å²) in [6, 6.07) is 17.9.